The molecule has 2 aromatic heterocycles. The summed E-state index contributed by atoms with van der Waals surface area (Å²) in [6.07, 6.45) is 8.60. The largest absolute Gasteiger partial charge is 0.483 e. The number of aromatic amines is 1. The summed E-state index contributed by atoms with van der Waals surface area (Å²) in [6.45, 7) is 4.48. The molecule has 3 heterocycles. The van der Waals surface area contributed by atoms with E-state index in [9.17, 15) is 4.39 Å². The van der Waals surface area contributed by atoms with Crippen LogP contribution in [0.15, 0.2) is 0 Å². The number of nitrogens with one attached hydrogen (secondary N) is 1. The summed E-state index contributed by atoms with van der Waals surface area (Å²) in [5.74, 6) is 1.31. The molecule has 0 saturated carbocycles. The van der Waals surface area contributed by atoms with Gasteiger partial charge in [0.15, 0.2) is 5.82 Å². The summed E-state index contributed by atoms with van der Waals surface area (Å²) in [7, 11) is 0. The van der Waals surface area contributed by atoms with Crippen LogP contribution in [0.2, 0.25) is 0 Å². The van der Waals surface area contributed by atoms with E-state index < -0.39 is 6.17 Å². The van der Waals surface area contributed by atoms with Crippen LogP contribution >= 0.6 is 0 Å². The number of unbranched alkanes of at least 4 members (excludes halogenated alkanes) is 4. The molecule has 0 bridgehead atoms. The number of aromatic nitrogens is 4. The van der Waals surface area contributed by atoms with E-state index in [-0.39, 0.29) is 6.47 Å². The topological polar surface area (TPSA) is 121 Å². The summed E-state index contributed by atoms with van der Waals surface area (Å²) in [5.41, 5.74) is 8.69. The van der Waals surface area contributed by atoms with E-state index in [4.69, 9.17) is 15.6 Å². The van der Waals surface area contributed by atoms with Crippen LogP contribution in [0.1, 0.15) is 63.4 Å². The monoisotopic (exact) mass is 408 g/mol. The molecule has 0 aromatic carbocycles. The molecule has 1 atom stereocenters. The van der Waals surface area contributed by atoms with Gasteiger partial charge in [-0.3, -0.25) is 9.89 Å². The van der Waals surface area contributed by atoms with Crippen molar-refractivity contribution in [1.29, 1.82) is 0 Å². The number of anilines is 1. The standard InChI is InChI=1S/C19H31FN6.CH2O2/c1-2-3-9-16-22-17-15(24-25-18(17)19(21)23-16)8-6-4-5-7-11-26-12-10-14(20)13-26;2-1-3/h14H,2-13H2,1H3,(H,24,25)(H2,21,22,23);1H,(H,2,3). The minimum atomic E-state index is -0.611. The molecule has 1 aliphatic heterocycles. The predicted molar refractivity (Wildman–Crippen MR) is 112 cm³/mol. The summed E-state index contributed by atoms with van der Waals surface area (Å²) in [6, 6.07) is 0. The highest BCUT2D eigenvalue weighted by atomic mass is 19.1. The van der Waals surface area contributed by atoms with Gasteiger partial charge in [0.05, 0.1) is 5.69 Å². The van der Waals surface area contributed by atoms with Crippen molar-refractivity contribution in [3.63, 3.8) is 0 Å². The number of hydrogen-bond acceptors (Lipinski definition) is 6. The third kappa shape index (κ3) is 7.23. The Morgan fingerprint density at radius 2 is 2.00 bits per heavy atom. The molecular formula is C20H33FN6O2. The fourth-order valence-electron chi connectivity index (χ4n) is 3.61. The summed E-state index contributed by atoms with van der Waals surface area (Å²) in [4.78, 5) is 19.7. The van der Waals surface area contributed by atoms with Crippen LogP contribution in [0.3, 0.4) is 0 Å². The molecule has 1 unspecified atom stereocenters. The van der Waals surface area contributed by atoms with E-state index in [1.165, 1.54) is 6.42 Å². The number of aryl methyl sites for hydroxylation is 2. The summed E-state index contributed by atoms with van der Waals surface area (Å²) >= 11 is 0. The van der Waals surface area contributed by atoms with Crippen LogP contribution in [0.4, 0.5) is 10.2 Å². The van der Waals surface area contributed by atoms with Crippen LogP contribution in [-0.4, -0.2) is 62.4 Å². The zero-order chi connectivity index (χ0) is 21.1. The molecule has 3 rings (SSSR count). The van der Waals surface area contributed by atoms with Crippen LogP contribution < -0.4 is 5.73 Å². The van der Waals surface area contributed by atoms with Crippen molar-refractivity contribution in [3.8, 4) is 0 Å². The van der Waals surface area contributed by atoms with E-state index in [0.717, 1.165) is 80.6 Å². The molecule has 9 heteroatoms. The lowest BCUT2D eigenvalue weighted by Crippen LogP contribution is -2.22. The number of carbonyl (C=O) groups is 1. The lowest BCUT2D eigenvalue weighted by molar-refractivity contribution is -0.122. The number of carboxylic acid groups (broad SMARTS) is 1. The highest BCUT2D eigenvalue weighted by Crippen LogP contribution is 2.21. The number of fused-ring (bicyclic) bond motifs is 1. The fourth-order valence-corrected chi connectivity index (χ4v) is 3.61. The number of nitrogens with zero attached hydrogens (tertiary/aromatic N) is 4. The second-order valence-electron chi connectivity index (χ2n) is 7.48. The second-order valence-corrected chi connectivity index (χ2v) is 7.48. The normalized spacial score (nSPS) is 16.7. The van der Waals surface area contributed by atoms with Crippen LogP contribution in [0.25, 0.3) is 11.0 Å². The lowest BCUT2D eigenvalue weighted by atomic mass is 10.1. The second kappa shape index (κ2) is 12.3. The molecular weight excluding hydrogens is 375 g/mol. The van der Waals surface area contributed by atoms with Gasteiger partial charge in [0.25, 0.3) is 6.47 Å². The SMILES string of the molecule is CCCCc1nc(N)c2[nH]nc(CCCCCCN3CCC(F)C3)c2n1.O=CO. The number of nitrogen functional groups attached to an aromatic ring is 1. The number of alkyl halides is 1. The minimum absolute atomic E-state index is 0.250. The quantitative estimate of drug-likeness (QED) is 0.408. The molecule has 29 heavy (non-hydrogen) atoms. The first-order chi connectivity index (χ1) is 14.1. The first kappa shape index (κ1) is 23.0. The van der Waals surface area contributed by atoms with Gasteiger partial charge in [0.1, 0.15) is 23.0 Å². The maximum absolute atomic E-state index is 13.1. The maximum Gasteiger partial charge on any atom is 0.290 e. The van der Waals surface area contributed by atoms with Crippen molar-refractivity contribution in [2.45, 2.75) is 70.9 Å². The lowest BCUT2D eigenvalue weighted by Gasteiger charge is -2.13. The summed E-state index contributed by atoms with van der Waals surface area (Å²) < 4.78 is 13.1. The van der Waals surface area contributed by atoms with Crippen molar-refractivity contribution in [3.05, 3.63) is 11.5 Å². The molecule has 0 amide bonds. The van der Waals surface area contributed by atoms with E-state index in [2.05, 4.69) is 32.0 Å². The average molecular weight is 409 g/mol. The number of H-pyrrole nitrogens is 1. The molecule has 8 nitrogen and oxygen atoms in total. The zero-order valence-electron chi connectivity index (χ0n) is 17.2. The molecule has 0 radical (unpaired) electrons. The highest BCUT2D eigenvalue weighted by molar-refractivity contribution is 5.85. The third-order valence-corrected chi connectivity index (χ3v) is 5.17. The smallest absolute Gasteiger partial charge is 0.290 e. The van der Waals surface area contributed by atoms with Gasteiger partial charge in [-0.2, -0.15) is 5.10 Å². The number of nitrogens with two attached hydrogens (primary N) is 1. The molecule has 4 N–H and O–H groups in total. The Labute approximate surface area is 171 Å². The van der Waals surface area contributed by atoms with E-state index in [0.29, 0.717) is 18.8 Å². The minimum Gasteiger partial charge on any atom is -0.483 e. The van der Waals surface area contributed by atoms with Gasteiger partial charge in [-0.1, -0.05) is 26.2 Å². The first-order valence-corrected chi connectivity index (χ1v) is 10.5. The van der Waals surface area contributed by atoms with Gasteiger partial charge in [-0.05, 0) is 38.6 Å². The van der Waals surface area contributed by atoms with Crippen molar-refractivity contribution in [2.24, 2.45) is 0 Å². The van der Waals surface area contributed by atoms with Crippen molar-refractivity contribution in [2.75, 3.05) is 25.4 Å². The van der Waals surface area contributed by atoms with Gasteiger partial charge >= 0.3 is 0 Å². The summed E-state index contributed by atoms with van der Waals surface area (Å²) in [5, 5.41) is 14.3. The van der Waals surface area contributed by atoms with Gasteiger partial charge in [0, 0.05) is 19.5 Å². The third-order valence-electron chi connectivity index (χ3n) is 5.17. The van der Waals surface area contributed by atoms with E-state index in [1.807, 2.05) is 0 Å². The van der Waals surface area contributed by atoms with E-state index in [1.54, 1.807) is 0 Å². The van der Waals surface area contributed by atoms with Crippen LogP contribution in [0, 0.1) is 0 Å². The zero-order valence-corrected chi connectivity index (χ0v) is 17.2. The van der Waals surface area contributed by atoms with Gasteiger partial charge < -0.3 is 15.7 Å². The number of hydrogen-bond donors (Lipinski definition) is 3. The predicted octanol–water partition coefficient (Wildman–Crippen LogP) is 3.13. The fraction of sp³-hybridized carbons (Fsp3) is 0.700. The number of rotatable bonds is 10. The van der Waals surface area contributed by atoms with Crippen LogP contribution in [0.5, 0.6) is 0 Å². The van der Waals surface area contributed by atoms with Gasteiger partial charge in [0.2, 0.25) is 0 Å². The van der Waals surface area contributed by atoms with Crippen LogP contribution in [-0.2, 0) is 17.6 Å². The van der Waals surface area contributed by atoms with E-state index >= 15 is 0 Å². The van der Waals surface area contributed by atoms with Crippen molar-refractivity contribution >= 4 is 23.3 Å². The molecule has 1 saturated heterocycles. The molecule has 1 fully saturated rings. The van der Waals surface area contributed by atoms with Crippen molar-refractivity contribution < 1.29 is 14.3 Å². The molecule has 2 aromatic rings. The van der Waals surface area contributed by atoms with Gasteiger partial charge in [-0.25, -0.2) is 14.4 Å². The highest BCUT2D eigenvalue weighted by Gasteiger charge is 2.20. The number of likely N-dealkylation sites (tertiary alicyclic amines) is 1. The van der Waals surface area contributed by atoms with Gasteiger partial charge in [-0.15, -0.1) is 0 Å². The molecule has 0 aliphatic carbocycles. The average Bonchev–Trinajstić information content (AvgIpc) is 3.30. The Morgan fingerprint density at radius 1 is 1.24 bits per heavy atom. The Bertz CT molecular complexity index is 754. The Kier molecular flexibility index (Phi) is 9.76. The Balaban J connectivity index is 0.000000941. The maximum atomic E-state index is 13.1. The van der Waals surface area contributed by atoms with Crippen molar-refractivity contribution in [1.82, 2.24) is 25.1 Å². The number of halogens is 1. The molecule has 162 valence electrons. The Morgan fingerprint density at radius 3 is 2.69 bits per heavy atom. The molecule has 0 spiro atoms. The molecule has 1 aliphatic rings. The Hall–Kier alpha value is -2.29. The first-order valence-electron chi connectivity index (χ1n) is 10.5.